The van der Waals surface area contributed by atoms with E-state index in [4.69, 9.17) is 11.6 Å². The molecule has 0 radical (unpaired) electrons. The van der Waals surface area contributed by atoms with E-state index in [1.807, 2.05) is 6.92 Å². The predicted octanol–water partition coefficient (Wildman–Crippen LogP) is 4.15. The largest absolute Gasteiger partial charge is 0.337 e. The van der Waals surface area contributed by atoms with Crippen LogP contribution in [0.5, 0.6) is 0 Å². The summed E-state index contributed by atoms with van der Waals surface area (Å²) in [4.78, 5) is 43.6. The summed E-state index contributed by atoms with van der Waals surface area (Å²) in [7, 11) is 0. The van der Waals surface area contributed by atoms with Crippen molar-refractivity contribution in [2.75, 3.05) is 11.1 Å². The third-order valence-corrected chi connectivity index (χ3v) is 6.82. The van der Waals surface area contributed by atoms with Gasteiger partial charge in [-0.2, -0.15) is 0 Å². The molecule has 4 aromatic rings. The van der Waals surface area contributed by atoms with Crippen LogP contribution in [0.3, 0.4) is 0 Å². The Hall–Kier alpha value is -2.95. The highest BCUT2D eigenvalue weighted by Crippen LogP contribution is 2.27. The Labute approximate surface area is 194 Å². The number of nitrogens with zero attached hydrogens (tertiary/aromatic N) is 3. The highest BCUT2D eigenvalue weighted by molar-refractivity contribution is 8.01. The number of nitrogens with one attached hydrogen (secondary N) is 1. The highest BCUT2D eigenvalue weighted by atomic mass is 35.5. The number of para-hydroxylation sites is 1. The second-order valence-corrected chi connectivity index (χ2v) is 9.50. The zero-order chi connectivity index (χ0) is 22.8. The van der Waals surface area contributed by atoms with Crippen molar-refractivity contribution in [2.24, 2.45) is 0 Å². The van der Waals surface area contributed by atoms with Crippen molar-refractivity contribution in [3.8, 4) is 5.69 Å². The summed E-state index contributed by atoms with van der Waals surface area (Å²) in [6, 6.07) is 12.0. The molecule has 0 saturated carbocycles. The molecule has 7 nitrogen and oxygen atoms in total. The minimum atomic E-state index is -0.688. The normalized spacial score (nSPS) is 11.1. The van der Waals surface area contributed by atoms with Crippen LogP contribution in [0.25, 0.3) is 16.0 Å². The molecule has 0 aliphatic rings. The molecule has 0 spiro atoms. The standard InChI is InChI=1S/C21H16ClFN4O3S2/c1-2-31-20-25-18-17(32-20)19(29)27(13-6-4-3-5-7-13)21(30)26(18)11-16(28)24-15-9-8-12(23)10-14(15)22/h3-10H,2,11H2,1H3,(H,24,28). The van der Waals surface area contributed by atoms with Gasteiger partial charge in [-0.15, -0.1) is 11.3 Å². The summed E-state index contributed by atoms with van der Waals surface area (Å²) in [6.07, 6.45) is 0. The molecule has 11 heteroatoms. The molecule has 32 heavy (non-hydrogen) atoms. The van der Waals surface area contributed by atoms with Crippen molar-refractivity contribution in [1.29, 1.82) is 0 Å². The van der Waals surface area contributed by atoms with Gasteiger partial charge < -0.3 is 5.32 Å². The Morgan fingerprint density at radius 1 is 1.22 bits per heavy atom. The van der Waals surface area contributed by atoms with Crippen LogP contribution in [-0.4, -0.2) is 25.8 Å². The number of thiazole rings is 1. The number of hydrogen-bond donors (Lipinski definition) is 1. The molecule has 0 atom stereocenters. The molecular weight excluding hydrogens is 475 g/mol. The first-order valence-electron chi connectivity index (χ1n) is 9.48. The number of carbonyl (C=O) groups is 1. The fraction of sp³-hybridized carbons (Fsp3) is 0.143. The first-order valence-corrected chi connectivity index (χ1v) is 11.7. The summed E-state index contributed by atoms with van der Waals surface area (Å²) in [5.74, 6) is -0.373. The van der Waals surface area contributed by atoms with Crippen LogP contribution in [0.15, 0.2) is 62.5 Å². The molecule has 0 fully saturated rings. The number of benzene rings is 2. The van der Waals surface area contributed by atoms with E-state index >= 15 is 0 Å². The Morgan fingerprint density at radius 3 is 2.66 bits per heavy atom. The maximum Gasteiger partial charge on any atom is 0.337 e. The summed E-state index contributed by atoms with van der Waals surface area (Å²) in [6.45, 7) is 1.54. The van der Waals surface area contributed by atoms with Gasteiger partial charge in [0.2, 0.25) is 5.91 Å². The topological polar surface area (TPSA) is 86.0 Å². The zero-order valence-corrected chi connectivity index (χ0v) is 19.1. The van der Waals surface area contributed by atoms with E-state index < -0.39 is 29.5 Å². The Bertz CT molecular complexity index is 1430. The maximum atomic E-state index is 13.3. The number of anilines is 1. The minimum Gasteiger partial charge on any atom is -0.323 e. The summed E-state index contributed by atoms with van der Waals surface area (Å²) in [5.41, 5.74) is -0.437. The van der Waals surface area contributed by atoms with Crippen LogP contribution in [-0.2, 0) is 11.3 Å². The zero-order valence-electron chi connectivity index (χ0n) is 16.7. The van der Waals surface area contributed by atoms with Crippen molar-refractivity contribution < 1.29 is 9.18 Å². The molecule has 0 aliphatic heterocycles. The van der Waals surface area contributed by atoms with Crippen LogP contribution in [0, 0.1) is 5.82 Å². The first kappa shape index (κ1) is 22.3. The van der Waals surface area contributed by atoms with Gasteiger partial charge in [0.1, 0.15) is 17.1 Å². The van der Waals surface area contributed by atoms with Gasteiger partial charge in [-0.1, -0.05) is 48.5 Å². The van der Waals surface area contributed by atoms with Crippen molar-refractivity contribution in [3.63, 3.8) is 0 Å². The van der Waals surface area contributed by atoms with Crippen LogP contribution in [0.2, 0.25) is 5.02 Å². The van der Waals surface area contributed by atoms with E-state index in [1.54, 1.807) is 30.3 Å². The van der Waals surface area contributed by atoms with Crippen LogP contribution in [0.1, 0.15) is 6.92 Å². The van der Waals surface area contributed by atoms with Crippen LogP contribution in [0.4, 0.5) is 10.1 Å². The Kier molecular flexibility index (Phi) is 6.45. The van der Waals surface area contributed by atoms with Gasteiger partial charge in [-0.25, -0.2) is 18.7 Å². The predicted molar refractivity (Wildman–Crippen MR) is 126 cm³/mol. The van der Waals surface area contributed by atoms with Gasteiger partial charge >= 0.3 is 5.69 Å². The number of fused-ring (bicyclic) bond motifs is 1. The molecule has 2 aromatic carbocycles. The van der Waals surface area contributed by atoms with Gasteiger partial charge in [0.05, 0.1) is 16.4 Å². The number of halogens is 2. The molecule has 164 valence electrons. The summed E-state index contributed by atoms with van der Waals surface area (Å²) < 4.78 is 16.4. The molecule has 2 heterocycles. The van der Waals surface area contributed by atoms with Gasteiger partial charge in [0.15, 0.2) is 9.99 Å². The van der Waals surface area contributed by atoms with Gasteiger partial charge in [0.25, 0.3) is 5.56 Å². The van der Waals surface area contributed by atoms with Crippen molar-refractivity contribution >= 4 is 56.6 Å². The van der Waals surface area contributed by atoms with Crippen molar-refractivity contribution in [3.05, 3.63) is 80.2 Å². The van der Waals surface area contributed by atoms with Crippen molar-refractivity contribution in [2.45, 2.75) is 17.8 Å². The van der Waals surface area contributed by atoms with Crippen molar-refractivity contribution in [1.82, 2.24) is 14.1 Å². The lowest BCUT2D eigenvalue weighted by Gasteiger charge is -2.12. The van der Waals surface area contributed by atoms with E-state index in [-0.39, 0.29) is 21.1 Å². The molecular formula is C21H16ClFN4O3S2. The highest BCUT2D eigenvalue weighted by Gasteiger charge is 2.21. The third-order valence-electron chi connectivity index (χ3n) is 4.45. The number of carbonyl (C=O) groups excluding carboxylic acids is 1. The van der Waals surface area contributed by atoms with Gasteiger partial charge in [-0.3, -0.25) is 14.2 Å². The SMILES string of the molecule is CCSc1nc2c(s1)c(=O)n(-c1ccccc1)c(=O)n2CC(=O)Nc1ccc(F)cc1Cl. The fourth-order valence-corrected chi connectivity index (χ4v) is 5.26. The molecule has 0 bridgehead atoms. The number of aromatic nitrogens is 3. The lowest BCUT2D eigenvalue weighted by atomic mass is 10.3. The molecule has 2 aromatic heterocycles. The monoisotopic (exact) mass is 490 g/mol. The molecule has 0 unspecified atom stereocenters. The second-order valence-electron chi connectivity index (χ2n) is 6.58. The minimum absolute atomic E-state index is 0.0281. The number of rotatable bonds is 6. The Balaban J connectivity index is 1.82. The summed E-state index contributed by atoms with van der Waals surface area (Å²) in [5, 5.41) is 2.60. The number of amides is 1. The van der Waals surface area contributed by atoms with Gasteiger partial charge in [-0.05, 0) is 36.1 Å². The lowest BCUT2D eigenvalue weighted by Crippen LogP contribution is -2.40. The smallest absolute Gasteiger partial charge is 0.323 e. The van der Waals surface area contributed by atoms with E-state index in [0.717, 1.165) is 27.0 Å². The molecule has 4 rings (SSSR count). The first-order chi connectivity index (χ1) is 15.4. The maximum absolute atomic E-state index is 13.3. The third kappa shape index (κ3) is 4.34. The van der Waals surface area contributed by atoms with Crippen LogP contribution >= 0.6 is 34.7 Å². The van der Waals surface area contributed by atoms with Crippen LogP contribution < -0.4 is 16.6 Å². The number of thioether (sulfide) groups is 1. The fourth-order valence-electron chi connectivity index (χ4n) is 3.07. The molecule has 0 saturated heterocycles. The van der Waals surface area contributed by atoms with E-state index in [2.05, 4.69) is 10.3 Å². The molecule has 0 aliphatic carbocycles. The quantitative estimate of drug-likeness (QED) is 0.410. The average Bonchev–Trinajstić information content (AvgIpc) is 3.18. The van der Waals surface area contributed by atoms with Gasteiger partial charge in [0, 0.05) is 0 Å². The van der Waals surface area contributed by atoms with E-state index in [1.165, 1.54) is 29.2 Å². The van der Waals surface area contributed by atoms with E-state index in [9.17, 15) is 18.8 Å². The summed E-state index contributed by atoms with van der Waals surface area (Å²) >= 11 is 8.61. The lowest BCUT2D eigenvalue weighted by molar-refractivity contribution is -0.116. The molecule has 1 amide bonds. The second kappa shape index (κ2) is 9.27. The average molecular weight is 491 g/mol. The Morgan fingerprint density at radius 2 is 1.97 bits per heavy atom. The van der Waals surface area contributed by atoms with E-state index in [0.29, 0.717) is 10.0 Å². The number of hydrogen-bond acceptors (Lipinski definition) is 6. The molecule has 1 N–H and O–H groups in total.